The number of aryl methyl sites for hydroxylation is 2. The number of urea groups is 1. The molecule has 1 unspecified atom stereocenters. The Labute approximate surface area is 92.2 Å². The minimum Gasteiger partial charge on any atom is -0.480 e. The standard InChI is InChI=1S/C9H14N4O3/c1-4-7(5(2)13-12-4)11-9(16)10-6(3)8(14)15/h6H,1-3H3,(H,12,13)(H,14,15)(H2,10,11,16). The maximum atomic E-state index is 11.4. The van der Waals surface area contributed by atoms with Gasteiger partial charge in [0.15, 0.2) is 0 Å². The van der Waals surface area contributed by atoms with Gasteiger partial charge in [-0.15, -0.1) is 0 Å². The zero-order chi connectivity index (χ0) is 12.3. The SMILES string of the molecule is Cc1n[nH]c(C)c1NC(=O)NC(C)C(=O)O. The van der Waals surface area contributed by atoms with Crippen LogP contribution in [-0.2, 0) is 4.79 Å². The average molecular weight is 226 g/mol. The van der Waals surface area contributed by atoms with Gasteiger partial charge < -0.3 is 15.7 Å². The number of amides is 2. The summed E-state index contributed by atoms with van der Waals surface area (Å²) in [6, 6.07) is -1.50. The molecule has 7 heteroatoms. The van der Waals surface area contributed by atoms with E-state index in [9.17, 15) is 9.59 Å². The largest absolute Gasteiger partial charge is 0.480 e. The molecule has 1 heterocycles. The Morgan fingerprint density at radius 2 is 2.06 bits per heavy atom. The van der Waals surface area contributed by atoms with Crippen molar-refractivity contribution in [1.29, 1.82) is 0 Å². The van der Waals surface area contributed by atoms with Crippen LogP contribution in [0.25, 0.3) is 0 Å². The molecule has 1 rings (SSSR count). The minimum atomic E-state index is -1.09. The molecule has 0 aliphatic heterocycles. The fraction of sp³-hybridized carbons (Fsp3) is 0.444. The third-order valence-corrected chi connectivity index (χ3v) is 2.08. The second-order valence-corrected chi connectivity index (χ2v) is 3.47. The van der Waals surface area contributed by atoms with Crippen LogP contribution in [0.4, 0.5) is 10.5 Å². The summed E-state index contributed by atoms with van der Waals surface area (Å²) in [6.07, 6.45) is 0. The number of nitrogens with zero attached hydrogens (tertiary/aromatic N) is 1. The number of nitrogens with one attached hydrogen (secondary N) is 3. The van der Waals surface area contributed by atoms with Crippen LogP contribution in [-0.4, -0.2) is 33.3 Å². The van der Waals surface area contributed by atoms with E-state index in [0.29, 0.717) is 11.4 Å². The molecule has 4 N–H and O–H groups in total. The van der Waals surface area contributed by atoms with Crippen molar-refractivity contribution in [3.8, 4) is 0 Å². The van der Waals surface area contributed by atoms with Crippen LogP contribution in [0.15, 0.2) is 0 Å². The number of aromatic nitrogens is 2. The summed E-state index contributed by atoms with van der Waals surface area (Å²) in [4.78, 5) is 21.9. The predicted molar refractivity (Wildman–Crippen MR) is 57.3 cm³/mol. The van der Waals surface area contributed by atoms with Gasteiger partial charge in [-0.2, -0.15) is 5.10 Å². The number of aromatic amines is 1. The number of rotatable bonds is 3. The molecular weight excluding hydrogens is 212 g/mol. The van der Waals surface area contributed by atoms with Gasteiger partial charge in [-0.25, -0.2) is 4.79 Å². The molecule has 0 saturated carbocycles. The van der Waals surface area contributed by atoms with Crippen molar-refractivity contribution in [2.24, 2.45) is 0 Å². The van der Waals surface area contributed by atoms with Crippen molar-refractivity contribution in [2.45, 2.75) is 26.8 Å². The summed E-state index contributed by atoms with van der Waals surface area (Å²) in [7, 11) is 0. The van der Waals surface area contributed by atoms with Gasteiger partial charge in [0, 0.05) is 0 Å². The number of aliphatic carboxylic acids is 1. The molecule has 0 aliphatic carbocycles. The van der Waals surface area contributed by atoms with E-state index in [1.54, 1.807) is 13.8 Å². The van der Waals surface area contributed by atoms with E-state index in [4.69, 9.17) is 5.11 Å². The van der Waals surface area contributed by atoms with Gasteiger partial charge in [0.2, 0.25) is 0 Å². The lowest BCUT2D eigenvalue weighted by Crippen LogP contribution is -2.41. The highest BCUT2D eigenvalue weighted by molar-refractivity contribution is 5.93. The summed E-state index contributed by atoms with van der Waals surface area (Å²) >= 11 is 0. The van der Waals surface area contributed by atoms with Crippen LogP contribution in [0.1, 0.15) is 18.3 Å². The molecule has 0 aliphatic rings. The molecule has 1 aromatic rings. The van der Waals surface area contributed by atoms with E-state index in [2.05, 4.69) is 20.8 Å². The summed E-state index contributed by atoms with van der Waals surface area (Å²) in [5, 5.41) is 20.0. The number of carbonyl (C=O) groups is 2. The second-order valence-electron chi connectivity index (χ2n) is 3.47. The molecule has 1 atom stereocenters. The zero-order valence-electron chi connectivity index (χ0n) is 9.29. The fourth-order valence-electron chi connectivity index (χ4n) is 1.14. The quantitative estimate of drug-likeness (QED) is 0.606. The summed E-state index contributed by atoms with van der Waals surface area (Å²) in [6.45, 7) is 4.88. The molecule has 2 amide bonds. The minimum absolute atomic E-state index is 0.565. The lowest BCUT2D eigenvalue weighted by molar-refractivity contribution is -0.138. The summed E-state index contributed by atoms with van der Waals surface area (Å²) in [5.41, 5.74) is 1.93. The Balaban J connectivity index is 2.62. The Morgan fingerprint density at radius 3 is 2.50 bits per heavy atom. The molecular formula is C9H14N4O3. The first-order valence-electron chi connectivity index (χ1n) is 4.73. The average Bonchev–Trinajstić information content (AvgIpc) is 2.49. The molecule has 7 nitrogen and oxygen atoms in total. The van der Waals surface area contributed by atoms with Crippen molar-refractivity contribution < 1.29 is 14.7 Å². The van der Waals surface area contributed by atoms with Crippen LogP contribution in [0.5, 0.6) is 0 Å². The molecule has 0 saturated heterocycles. The molecule has 0 spiro atoms. The van der Waals surface area contributed by atoms with Crippen LogP contribution in [0.3, 0.4) is 0 Å². The van der Waals surface area contributed by atoms with E-state index in [-0.39, 0.29) is 0 Å². The molecule has 0 radical (unpaired) electrons. The van der Waals surface area contributed by atoms with Crippen molar-refractivity contribution in [3.05, 3.63) is 11.4 Å². The lowest BCUT2D eigenvalue weighted by atomic mass is 10.3. The monoisotopic (exact) mass is 226 g/mol. The lowest BCUT2D eigenvalue weighted by Gasteiger charge is -2.10. The highest BCUT2D eigenvalue weighted by Crippen LogP contribution is 2.15. The van der Waals surface area contributed by atoms with Crippen LogP contribution >= 0.6 is 0 Å². The zero-order valence-corrected chi connectivity index (χ0v) is 9.29. The topological polar surface area (TPSA) is 107 Å². The number of H-pyrrole nitrogens is 1. The third kappa shape index (κ3) is 2.72. The van der Waals surface area contributed by atoms with Gasteiger partial charge in [-0.3, -0.25) is 9.89 Å². The maximum absolute atomic E-state index is 11.4. The van der Waals surface area contributed by atoms with E-state index >= 15 is 0 Å². The molecule has 1 aromatic heterocycles. The highest BCUT2D eigenvalue weighted by Gasteiger charge is 2.15. The first-order chi connectivity index (χ1) is 7.41. The van der Waals surface area contributed by atoms with Crippen LogP contribution in [0.2, 0.25) is 0 Å². The van der Waals surface area contributed by atoms with Crippen molar-refractivity contribution in [1.82, 2.24) is 15.5 Å². The second kappa shape index (κ2) is 4.65. The number of carbonyl (C=O) groups excluding carboxylic acids is 1. The predicted octanol–water partition coefficient (Wildman–Crippen LogP) is 0.621. The number of anilines is 1. The Morgan fingerprint density at radius 1 is 1.44 bits per heavy atom. The molecule has 0 bridgehead atoms. The maximum Gasteiger partial charge on any atom is 0.325 e. The number of hydrogen-bond donors (Lipinski definition) is 4. The number of carboxylic acids is 1. The van der Waals surface area contributed by atoms with Gasteiger partial charge in [-0.1, -0.05) is 0 Å². The summed E-state index contributed by atoms with van der Waals surface area (Å²) < 4.78 is 0. The summed E-state index contributed by atoms with van der Waals surface area (Å²) in [5.74, 6) is -1.09. The number of carboxylic acid groups (broad SMARTS) is 1. The van der Waals surface area contributed by atoms with Crippen molar-refractivity contribution >= 4 is 17.7 Å². The van der Waals surface area contributed by atoms with Gasteiger partial charge in [0.25, 0.3) is 0 Å². The molecule has 0 fully saturated rings. The van der Waals surface area contributed by atoms with Gasteiger partial charge in [0.1, 0.15) is 6.04 Å². The Hall–Kier alpha value is -2.05. The molecule has 16 heavy (non-hydrogen) atoms. The fourth-order valence-corrected chi connectivity index (χ4v) is 1.14. The third-order valence-electron chi connectivity index (χ3n) is 2.08. The first kappa shape index (κ1) is 12.0. The van der Waals surface area contributed by atoms with Crippen LogP contribution in [0, 0.1) is 13.8 Å². The molecule has 88 valence electrons. The van der Waals surface area contributed by atoms with E-state index in [1.807, 2.05) is 0 Å². The highest BCUT2D eigenvalue weighted by atomic mass is 16.4. The van der Waals surface area contributed by atoms with E-state index in [0.717, 1.165) is 5.69 Å². The number of hydrogen-bond acceptors (Lipinski definition) is 3. The smallest absolute Gasteiger partial charge is 0.325 e. The normalized spacial score (nSPS) is 11.9. The Kier molecular flexibility index (Phi) is 3.49. The van der Waals surface area contributed by atoms with Gasteiger partial charge in [0.05, 0.1) is 17.1 Å². The first-order valence-corrected chi connectivity index (χ1v) is 4.73. The van der Waals surface area contributed by atoms with Gasteiger partial charge >= 0.3 is 12.0 Å². The Bertz CT molecular complexity index is 393. The van der Waals surface area contributed by atoms with E-state index in [1.165, 1.54) is 6.92 Å². The van der Waals surface area contributed by atoms with E-state index < -0.39 is 18.0 Å². The molecule has 0 aromatic carbocycles. The van der Waals surface area contributed by atoms with Crippen LogP contribution < -0.4 is 10.6 Å². The van der Waals surface area contributed by atoms with Crippen molar-refractivity contribution in [2.75, 3.05) is 5.32 Å². The van der Waals surface area contributed by atoms with Gasteiger partial charge in [-0.05, 0) is 20.8 Å². The van der Waals surface area contributed by atoms with Crippen molar-refractivity contribution in [3.63, 3.8) is 0 Å².